The van der Waals surface area contributed by atoms with Crippen LogP contribution in [-0.2, 0) is 7.05 Å². The zero-order chi connectivity index (χ0) is 15.0. The van der Waals surface area contributed by atoms with Crippen LogP contribution in [0.15, 0.2) is 12.4 Å². The van der Waals surface area contributed by atoms with Crippen LogP contribution in [0.5, 0.6) is 0 Å². The molecule has 0 bridgehead atoms. The van der Waals surface area contributed by atoms with E-state index in [0.717, 1.165) is 18.2 Å². The van der Waals surface area contributed by atoms with E-state index in [1.807, 2.05) is 11.8 Å². The SMILES string of the molecule is CSC1CCC(Nc2c(C(=O)O)cnc3c2cnn3C)C1. The fourth-order valence-electron chi connectivity index (χ4n) is 2.90. The predicted octanol–water partition coefficient (Wildman–Crippen LogP) is 2.36. The molecule has 7 heteroatoms. The number of thioether (sulfide) groups is 1. The number of carboxylic acid groups (broad SMARTS) is 1. The zero-order valence-electron chi connectivity index (χ0n) is 12.0. The van der Waals surface area contributed by atoms with E-state index in [1.165, 1.54) is 12.6 Å². The topological polar surface area (TPSA) is 80.0 Å². The van der Waals surface area contributed by atoms with E-state index in [-0.39, 0.29) is 5.56 Å². The Kier molecular flexibility index (Phi) is 3.75. The van der Waals surface area contributed by atoms with Crippen LogP contribution in [0.4, 0.5) is 5.69 Å². The highest BCUT2D eigenvalue weighted by molar-refractivity contribution is 7.99. The molecule has 6 nitrogen and oxygen atoms in total. The summed E-state index contributed by atoms with van der Waals surface area (Å²) in [6, 6.07) is 0.311. The van der Waals surface area contributed by atoms with Crippen LogP contribution in [0.25, 0.3) is 11.0 Å². The summed E-state index contributed by atoms with van der Waals surface area (Å²) in [5.74, 6) is -0.963. The van der Waals surface area contributed by atoms with E-state index in [4.69, 9.17) is 0 Å². The van der Waals surface area contributed by atoms with E-state index in [2.05, 4.69) is 21.7 Å². The Hall–Kier alpha value is -1.76. The van der Waals surface area contributed by atoms with E-state index in [0.29, 0.717) is 22.6 Å². The lowest BCUT2D eigenvalue weighted by atomic mass is 10.1. The number of nitrogens with one attached hydrogen (secondary N) is 1. The Labute approximate surface area is 126 Å². The largest absolute Gasteiger partial charge is 0.478 e. The molecular weight excluding hydrogens is 288 g/mol. The zero-order valence-corrected chi connectivity index (χ0v) is 12.9. The van der Waals surface area contributed by atoms with Crippen molar-refractivity contribution >= 4 is 34.5 Å². The first-order valence-electron chi connectivity index (χ1n) is 6.93. The number of anilines is 1. The number of aryl methyl sites for hydroxylation is 1. The second kappa shape index (κ2) is 5.55. The molecule has 2 aromatic heterocycles. The molecule has 0 spiro atoms. The molecule has 0 aromatic carbocycles. The van der Waals surface area contributed by atoms with Crippen molar-refractivity contribution in [1.29, 1.82) is 0 Å². The second-order valence-electron chi connectivity index (χ2n) is 5.37. The second-order valence-corrected chi connectivity index (χ2v) is 6.51. The molecule has 0 aliphatic heterocycles. The molecule has 2 aromatic rings. The van der Waals surface area contributed by atoms with Crippen molar-refractivity contribution in [1.82, 2.24) is 14.8 Å². The predicted molar refractivity (Wildman–Crippen MR) is 84.0 cm³/mol. The van der Waals surface area contributed by atoms with Gasteiger partial charge in [0.25, 0.3) is 0 Å². The van der Waals surface area contributed by atoms with Gasteiger partial charge in [-0.3, -0.25) is 4.68 Å². The summed E-state index contributed by atoms with van der Waals surface area (Å²) >= 11 is 1.88. The third kappa shape index (κ3) is 2.57. The number of rotatable bonds is 4. The van der Waals surface area contributed by atoms with Crippen molar-refractivity contribution in [3.63, 3.8) is 0 Å². The average molecular weight is 306 g/mol. The monoisotopic (exact) mass is 306 g/mol. The number of aromatic carboxylic acids is 1. The molecule has 1 aliphatic carbocycles. The first-order valence-corrected chi connectivity index (χ1v) is 8.22. The van der Waals surface area contributed by atoms with Crippen LogP contribution in [0.3, 0.4) is 0 Å². The summed E-state index contributed by atoms with van der Waals surface area (Å²) in [6.07, 6.45) is 8.51. The maximum Gasteiger partial charge on any atom is 0.339 e. The van der Waals surface area contributed by atoms with Gasteiger partial charge in [-0.1, -0.05) is 0 Å². The number of aromatic nitrogens is 3. The quantitative estimate of drug-likeness (QED) is 0.902. The van der Waals surface area contributed by atoms with Crippen molar-refractivity contribution in [3.05, 3.63) is 18.0 Å². The lowest BCUT2D eigenvalue weighted by Crippen LogP contribution is -2.18. The summed E-state index contributed by atoms with van der Waals surface area (Å²) < 4.78 is 1.66. The fourth-order valence-corrected chi connectivity index (χ4v) is 3.70. The maximum atomic E-state index is 11.5. The highest BCUT2D eigenvalue weighted by atomic mass is 32.2. The highest BCUT2D eigenvalue weighted by Crippen LogP contribution is 2.33. The average Bonchev–Trinajstić information content (AvgIpc) is 3.06. The Morgan fingerprint density at radius 1 is 1.48 bits per heavy atom. The van der Waals surface area contributed by atoms with Crippen LogP contribution in [-0.4, -0.2) is 43.4 Å². The molecule has 0 amide bonds. The van der Waals surface area contributed by atoms with Gasteiger partial charge in [0.15, 0.2) is 5.65 Å². The van der Waals surface area contributed by atoms with Crippen molar-refractivity contribution in [2.45, 2.75) is 30.6 Å². The van der Waals surface area contributed by atoms with Crippen LogP contribution in [0.1, 0.15) is 29.6 Å². The third-order valence-corrected chi connectivity index (χ3v) is 5.15. The van der Waals surface area contributed by atoms with Crippen LogP contribution in [0, 0.1) is 0 Å². The Bertz CT molecular complexity index is 685. The number of hydrogen-bond acceptors (Lipinski definition) is 5. The van der Waals surface area contributed by atoms with Gasteiger partial charge in [-0.05, 0) is 25.5 Å². The van der Waals surface area contributed by atoms with Gasteiger partial charge in [0.2, 0.25) is 0 Å². The number of nitrogens with zero attached hydrogens (tertiary/aromatic N) is 3. The van der Waals surface area contributed by atoms with Crippen molar-refractivity contribution in [2.24, 2.45) is 7.05 Å². The van der Waals surface area contributed by atoms with Crippen molar-refractivity contribution in [3.8, 4) is 0 Å². The van der Waals surface area contributed by atoms with Gasteiger partial charge >= 0.3 is 5.97 Å². The number of carbonyl (C=O) groups is 1. The van der Waals surface area contributed by atoms with E-state index < -0.39 is 5.97 Å². The molecule has 2 heterocycles. The van der Waals surface area contributed by atoms with E-state index >= 15 is 0 Å². The Morgan fingerprint density at radius 2 is 2.29 bits per heavy atom. The fraction of sp³-hybridized carbons (Fsp3) is 0.500. The third-order valence-electron chi connectivity index (χ3n) is 4.06. The minimum atomic E-state index is -0.963. The first kappa shape index (κ1) is 14.2. The molecule has 21 heavy (non-hydrogen) atoms. The summed E-state index contributed by atoms with van der Waals surface area (Å²) in [7, 11) is 1.80. The molecule has 1 fully saturated rings. The maximum absolute atomic E-state index is 11.5. The molecule has 1 aliphatic rings. The molecule has 2 N–H and O–H groups in total. The number of hydrogen-bond donors (Lipinski definition) is 2. The number of pyridine rings is 1. The molecule has 2 atom stereocenters. The number of fused-ring (bicyclic) bond motifs is 1. The van der Waals surface area contributed by atoms with Crippen LogP contribution in [0.2, 0.25) is 0 Å². The molecule has 0 saturated heterocycles. The first-order chi connectivity index (χ1) is 10.1. The number of carboxylic acids is 1. The Balaban J connectivity index is 1.99. The van der Waals surface area contributed by atoms with Gasteiger partial charge in [-0.25, -0.2) is 9.78 Å². The summed E-state index contributed by atoms with van der Waals surface area (Å²) in [6.45, 7) is 0. The lowest BCUT2D eigenvalue weighted by Gasteiger charge is -2.17. The molecule has 112 valence electrons. The van der Waals surface area contributed by atoms with Crippen molar-refractivity contribution in [2.75, 3.05) is 11.6 Å². The summed E-state index contributed by atoms with van der Waals surface area (Å²) in [5, 5.41) is 18.4. The minimum absolute atomic E-state index is 0.211. The Morgan fingerprint density at radius 3 is 2.95 bits per heavy atom. The molecule has 0 radical (unpaired) electrons. The van der Waals surface area contributed by atoms with Gasteiger partial charge in [0.05, 0.1) is 17.3 Å². The molecule has 3 rings (SSSR count). The van der Waals surface area contributed by atoms with E-state index in [1.54, 1.807) is 17.9 Å². The minimum Gasteiger partial charge on any atom is -0.478 e. The van der Waals surface area contributed by atoms with Crippen LogP contribution >= 0.6 is 11.8 Å². The summed E-state index contributed by atoms with van der Waals surface area (Å²) in [4.78, 5) is 15.7. The standard InChI is InChI=1S/C14H18N4O2S/c1-18-13-10(7-16-18)12(11(6-15-13)14(19)20)17-8-3-4-9(5-8)21-2/h6-9H,3-5H2,1-2H3,(H,15,17)(H,19,20). The van der Waals surface area contributed by atoms with Gasteiger partial charge < -0.3 is 10.4 Å². The van der Waals surface area contributed by atoms with Crippen molar-refractivity contribution < 1.29 is 9.90 Å². The van der Waals surface area contributed by atoms with Crippen LogP contribution < -0.4 is 5.32 Å². The van der Waals surface area contributed by atoms with E-state index in [9.17, 15) is 9.90 Å². The smallest absolute Gasteiger partial charge is 0.339 e. The molecular formula is C14H18N4O2S. The van der Waals surface area contributed by atoms with Gasteiger partial charge in [0, 0.05) is 24.5 Å². The highest BCUT2D eigenvalue weighted by Gasteiger charge is 2.26. The van der Waals surface area contributed by atoms with Gasteiger partial charge in [0.1, 0.15) is 5.56 Å². The van der Waals surface area contributed by atoms with Gasteiger partial charge in [-0.15, -0.1) is 0 Å². The van der Waals surface area contributed by atoms with Gasteiger partial charge in [-0.2, -0.15) is 16.9 Å². The molecule has 2 unspecified atom stereocenters. The normalized spacial score (nSPS) is 21.8. The molecule has 1 saturated carbocycles. The summed E-state index contributed by atoms with van der Waals surface area (Å²) in [5.41, 5.74) is 1.55. The lowest BCUT2D eigenvalue weighted by molar-refractivity contribution is 0.0697.